The summed E-state index contributed by atoms with van der Waals surface area (Å²) in [7, 11) is 3.88. The zero-order valence-electron chi connectivity index (χ0n) is 17.5. The molecule has 1 aromatic heterocycles. The van der Waals surface area contributed by atoms with Crippen molar-refractivity contribution in [2.24, 2.45) is 0 Å². The summed E-state index contributed by atoms with van der Waals surface area (Å²) >= 11 is 3.19. The van der Waals surface area contributed by atoms with E-state index in [9.17, 15) is 13.2 Å². The van der Waals surface area contributed by atoms with Crippen molar-refractivity contribution in [2.75, 3.05) is 30.9 Å². The fourth-order valence-corrected chi connectivity index (χ4v) is 4.00. The Balaban J connectivity index is 1.44. The minimum absolute atomic E-state index is 0.156. The van der Waals surface area contributed by atoms with E-state index in [-0.39, 0.29) is 5.75 Å². The van der Waals surface area contributed by atoms with Crippen LogP contribution in [0, 0.1) is 0 Å². The van der Waals surface area contributed by atoms with E-state index in [2.05, 4.69) is 41.3 Å². The highest BCUT2D eigenvalue weighted by atomic mass is 79.9. The van der Waals surface area contributed by atoms with Crippen LogP contribution in [0.3, 0.4) is 0 Å². The Hall–Kier alpha value is -2.07. The molecule has 0 spiro atoms. The van der Waals surface area contributed by atoms with Crippen molar-refractivity contribution in [1.82, 2.24) is 15.3 Å². The summed E-state index contributed by atoms with van der Waals surface area (Å²) in [5, 5.41) is 6.88. The molecule has 0 atom stereocenters. The second-order valence-electron chi connectivity index (χ2n) is 7.83. The quantitative estimate of drug-likeness (QED) is 0.543. The average Bonchev–Trinajstić information content (AvgIpc) is 2.70. The normalized spacial score (nSPS) is 19.2. The number of halogens is 4. The molecular formula is C21H27BrF3N5O. The lowest BCUT2D eigenvalue weighted by Gasteiger charge is -2.30. The second kappa shape index (κ2) is 10.5. The number of hydrogen-bond acceptors (Lipinski definition) is 6. The van der Waals surface area contributed by atoms with Crippen LogP contribution < -0.4 is 20.3 Å². The van der Waals surface area contributed by atoms with Crippen LogP contribution in [-0.4, -0.2) is 49.1 Å². The molecule has 0 bridgehead atoms. The maximum absolute atomic E-state index is 12.7. The molecule has 0 amide bonds. The van der Waals surface area contributed by atoms with Crippen LogP contribution in [0.2, 0.25) is 0 Å². The Labute approximate surface area is 188 Å². The predicted octanol–water partition coefficient (Wildman–Crippen LogP) is 4.76. The molecule has 2 aromatic rings. The minimum Gasteiger partial charge on any atom is -0.405 e. The van der Waals surface area contributed by atoms with Gasteiger partial charge in [-0.1, -0.05) is 22.0 Å². The molecular weight excluding hydrogens is 475 g/mol. The summed E-state index contributed by atoms with van der Waals surface area (Å²) in [6.07, 6.45) is 1.43. The molecule has 0 saturated heterocycles. The van der Waals surface area contributed by atoms with Crippen molar-refractivity contribution in [2.45, 2.75) is 50.6 Å². The number of benzene rings is 1. The van der Waals surface area contributed by atoms with Crippen LogP contribution in [0.25, 0.3) is 0 Å². The van der Waals surface area contributed by atoms with Gasteiger partial charge in [0, 0.05) is 36.8 Å². The molecule has 0 aliphatic heterocycles. The predicted molar refractivity (Wildman–Crippen MR) is 119 cm³/mol. The minimum atomic E-state index is -4.70. The summed E-state index contributed by atoms with van der Waals surface area (Å²) in [6, 6.07) is 7.26. The van der Waals surface area contributed by atoms with Crippen LogP contribution in [0.15, 0.2) is 34.9 Å². The highest BCUT2D eigenvalue weighted by Gasteiger charge is 2.32. The van der Waals surface area contributed by atoms with Crippen molar-refractivity contribution in [3.8, 4) is 5.75 Å². The van der Waals surface area contributed by atoms with E-state index in [4.69, 9.17) is 0 Å². The lowest BCUT2D eigenvalue weighted by atomic mass is 9.91. The molecule has 1 fully saturated rings. The number of rotatable bonds is 8. The van der Waals surface area contributed by atoms with E-state index < -0.39 is 6.36 Å². The molecule has 10 heteroatoms. The van der Waals surface area contributed by atoms with Crippen molar-refractivity contribution >= 4 is 27.7 Å². The summed E-state index contributed by atoms with van der Waals surface area (Å²) in [5.74, 6) is 1.33. The topological polar surface area (TPSA) is 62.3 Å². The van der Waals surface area contributed by atoms with Crippen LogP contribution in [0.1, 0.15) is 31.2 Å². The summed E-state index contributed by atoms with van der Waals surface area (Å²) in [6.45, 7) is 0.590. The molecule has 1 aliphatic carbocycles. The van der Waals surface area contributed by atoms with Crippen molar-refractivity contribution in [3.63, 3.8) is 0 Å². The molecule has 1 aliphatic rings. The standard InChI is InChI=1S/C21H27BrF3N5O/c1-30(2)19-10-12-27-20(29-19)28-17-7-5-16(6-8-17)26-11-9-14-3-4-15(22)13-18(14)31-21(23,24)25/h3-4,10,12-13,16-17,26H,5-9,11H2,1-2H3,(H,27,28,29)/t16-,17+. The lowest BCUT2D eigenvalue weighted by molar-refractivity contribution is -0.274. The van der Waals surface area contributed by atoms with Gasteiger partial charge in [-0.15, -0.1) is 13.2 Å². The monoisotopic (exact) mass is 501 g/mol. The third-order valence-electron chi connectivity index (χ3n) is 5.24. The Kier molecular flexibility index (Phi) is 7.99. The maximum Gasteiger partial charge on any atom is 0.573 e. The summed E-state index contributed by atoms with van der Waals surface area (Å²) in [5.41, 5.74) is 0.529. The van der Waals surface area contributed by atoms with E-state index in [0.717, 1.165) is 31.5 Å². The zero-order chi connectivity index (χ0) is 22.4. The molecule has 1 heterocycles. The van der Waals surface area contributed by atoms with E-state index in [1.807, 2.05) is 25.1 Å². The van der Waals surface area contributed by atoms with Crippen LogP contribution in [0.4, 0.5) is 24.9 Å². The molecule has 3 rings (SSSR count). The van der Waals surface area contributed by atoms with Gasteiger partial charge in [0.25, 0.3) is 0 Å². The van der Waals surface area contributed by atoms with Crippen molar-refractivity contribution in [3.05, 3.63) is 40.5 Å². The molecule has 6 nitrogen and oxygen atoms in total. The first-order valence-electron chi connectivity index (χ1n) is 10.2. The second-order valence-corrected chi connectivity index (χ2v) is 8.75. The lowest BCUT2D eigenvalue weighted by Crippen LogP contribution is -2.38. The average molecular weight is 502 g/mol. The molecule has 0 unspecified atom stereocenters. The van der Waals surface area contributed by atoms with Crippen molar-refractivity contribution in [1.29, 1.82) is 0 Å². The number of ether oxygens (including phenoxy) is 1. The maximum atomic E-state index is 12.7. The number of aromatic nitrogens is 2. The van der Waals surface area contributed by atoms with Gasteiger partial charge in [0.2, 0.25) is 5.95 Å². The smallest absolute Gasteiger partial charge is 0.405 e. The Bertz CT molecular complexity index is 857. The van der Waals surface area contributed by atoms with Gasteiger partial charge in [0.05, 0.1) is 0 Å². The first-order chi connectivity index (χ1) is 14.7. The van der Waals surface area contributed by atoms with Gasteiger partial charge >= 0.3 is 6.36 Å². The number of nitrogens with zero attached hydrogens (tertiary/aromatic N) is 3. The third kappa shape index (κ3) is 7.53. The molecule has 170 valence electrons. The first kappa shape index (κ1) is 23.6. The van der Waals surface area contributed by atoms with E-state index in [0.29, 0.717) is 41.0 Å². The van der Waals surface area contributed by atoms with Gasteiger partial charge in [0.1, 0.15) is 11.6 Å². The summed E-state index contributed by atoms with van der Waals surface area (Å²) < 4.78 is 42.7. The van der Waals surface area contributed by atoms with Gasteiger partial charge in [-0.25, -0.2) is 4.98 Å². The van der Waals surface area contributed by atoms with Gasteiger partial charge in [-0.3, -0.25) is 0 Å². The molecule has 1 aromatic carbocycles. The zero-order valence-corrected chi connectivity index (χ0v) is 19.1. The number of anilines is 2. The van der Waals surface area contributed by atoms with E-state index >= 15 is 0 Å². The molecule has 0 radical (unpaired) electrons. The molecule has 1 saturated carbocycles. The van der Waals surface area contributed by atoms with Crippen LogP contribution in [-0.2, 0) is 6.42 Å². The Morgan fingerprint density at radius 2 is 1.84 bits per heavy atom. The van der Waals surface area contributed by atoms with Crippen molar-refractivity contribution < 1.29 is 17.9 Å². The first-order valence-corrected chi connectivity index (χ1v) is 11.0. The van der Waals surface area contributed by atoms with Gasteiger partial charge in [-0.05, 0) is 62.4 Å². The number of alkyl halides is 3. The third-order valence-corrected chi connectivity index (χ3v) is 5.73. The largest absolute Gasteiger partial charge is 0.573 e. The Morgan fingerprint density at radius 1 is 1.13 bits per heavy atom. The molecule has 2 N–H and O–H groups in total. The highest BCUT2D eigenvalue weighted by Crippen LogP contribution is 2.30. The summed E-state index contributed by atoms with van der Waals surface area (Å²) in [4.78, 5) is 10.7. The Morgan fingerprint density at radius 3 is 2.52 bits per heavy atom. The fourth-order valence-electron chi connectivity index (χ4n) is 3.66. The van der Waals surface area contributed by atoms with Crippen LogP contribution in [0.5, 0.6) is 5.75 Å². The van der Waals surface area contributed by atoms with Gasteiger partial charge < -0.3 is 20.3 Å². The van der Waals surface area contributed by atoms with Gasteiger partial charge in [-0.2, -0.15) is 4.98 Å². The highest BCUT2D eigenvalue weighted by molar-refractivity contribution is 9.10. The molecule has 31 heavy (non-hydrogen) atoms. The van der Waals surface area contributed by atoms with E-state index in [1.54, 1.807) is 18.3 Å². The SMILES string of the molecule is CN(C)c1ccnc(N[C@H]2CC[C@@H](NCCc3ccc(Br)cc3OC(F)(F)F)CC2)n1. The van der Waals surface area contributed by atoms with Gasteiger partial charge in [0.15, 0.2) is 0 Å². The number of nitrogens with one attached hydrogen (secondary N) is 2. The van der Waals surface area contributed by atoms with E-state index in [1.165, 1.54) is 6.07 Å². The number of hydrogen-bond donors (Lipinski definition) is 2. The van der Waals surface area contributed by atoms with Crippen LogP contribution >= 0.6 is 15.9 Å². The fraction of sp³-hybridized carbons (Fsp3) is 0.524.